The van der Waals surface area contributed by atoms with Crippen molar-refractivity contribution in [3.63, 3.8) is 0 Å². The third-order valence-corrected chi connectivity index (χ3v) is 2.91. The van der Waals surface area contributed by atoms with Crippen LogP contribution in [0, 0.1) is 17.3 Å². The number of rotatable bonds is 4. The molecule has 0 aliphatic rings. The fraction of sp³-hybridized carbons (Fsp3) is 0.909. The molecule has 78 valence electrons. The Hall–Kier alpha value is -0.530. The van der Waals surface area contributed by atoms with Crippen LogP contribution in [0.25, 0.3) is 0 Å². The Labute approximate surface area is 82.0 Å². The number of oxime groups is 1. The minimum absolute atomic E-state index is 0.000972. The molecule has 2 nitrogen and oxygen atoms in total. The summed E-state index contributed by atoms with van der Waals surface area (Å²) in [4.78, 5) is 0. The Bertz CT molecular complexity index is 181. The summed E-state index contributed by atoms with van der Waals surface area (Å²) in [5.41, 5.74) is 0.913. The molecule has 0 heterocycles. The lowest BCUT2D eigenvalue weighted by atomic mass is 9.74. The van der Waals surface area contributed by atoms with Gasteiger partial charge in [0.1, 0.15) is 0 Å². The molecule has 0 saturated heterocycles. The molecule has 0 bridgehead atoms. The average molecular weight is 185 g/mol. The topological polar surface area (TPSA) is 32.6 Å². The lowest BCUT2D eigenvalue weighted by molar-refractivity contribution is 0.286. The highest BCUT2D eigenvalue weighted by atomic mass is 16.4. The van der Waals surface area contributed by atoms with Gasteiger partial charge in [-0.05, 0) is 18.3 Å². The van der Waals surface area contributed by atoms with E-state index in [0.717, 1.165) is 12.1 Å². The summed E-state index contributed by atoms with van der Waals surface area (Å²) in [6, 6.07) is 0. The van der Waals surface area contributed by atoms with Crippen molar-refractivity contribution in [1.29, 1.82) is 0 Å². The molecule has 0 fully saturated rings. The van der Waals surface area contributed by atoms with E-state index < -0.39 is 0 Å². The monoisotopic (exact) mass is 185 g/mol. The molecular formula is C11H23NO. The second-order valence-corrected chi connectivity index (χ2v) is 5.02. The first-order chi connectivity index (χ1) is 5.82. The summed E-state index contributed by atoms with van der Waals surface area (Å²) >= 11 is 0. The Morgan fingerprint density at radius 1 is 1.23 bits per heavy atom. The molecule has 13 heavy (non-hydrogen) atoms. The second-order valence-electron chi connectivity index (χ2n) is 5.02. The van der Waals surface area contributed by atoms with Gasteiger partial charge in [-0.2, -0.15) is 0 Å². The second kappa shape index (κ2) is 4.64. The van der Waals surface area contributed by atoms with Crippen LogP contribution in [0.2, 0.25) is 0 Å². The minimum Gasteiger partial charge on any atom is -0.411 e. The first-order valence-corrected chi connectivity index (χ1v) is 5.03. The van der Waals surface area contributed by atoms with Crippen molar-refractivity contribution in [2.45, 2.75) is 48.0 Å². The van der Waals surface area contributed by atoms with Gasteiger partial charge in [0.15, 0.2) is 0 Å². The van der Waals surface area contributed by atoms with Crippen LogP contribution < -0.4 is 0 Å². The molecule has 0 amide bonds. The quantitative estimate of drug-likeness (QED) is 0.405. The maximum atomic E-state index is 8.95. The Morgan fingerprint density at radius 3 is 1.92 bits per heavy atom. The molecule has 0 aromatic carbocycles. The largest absolute Gasteiger partial charge is 0.411 e. The van der Waals surface area contributed by atoms with E-state index in [1.807, 2.05) is 0 Å². The Morgan fingerprint density at radius 2 is 1.69 bits per heavy atom. The van der Waals surface area contributed by atoms with Crippen LogP contribution >= 0.6 is 0 Å². The van der Waals surface area contributed by atoms with E-state index in [0.29, 0.717) is 11.8 Å². The summed E-state index contributed by atoms with van der Waals surface area (Å²) in [5, 5.41) is 12.4. The highest BCUT2D eigenvalue weighted by Gasteiger charge is 2.29. The van der Waals surface area contributed by atoms with Gasteiger partial charge in [0.2, 0.25) is 0 Å². The summed E-state index contributed by atoms with van der Waals surface area (Å²) in [6.45, 7) is 12.9. The van der Waals surface area contributed by atoms with E-state index in [1.165, 1.54) is 0 Å². The third-order valence-electron chi connectivity index (χ3n) is 2.91. The van der Waals surface area contributed by atoms with Crippen molar-refractivity contribution in [1.82, 2.24) is 0 Å². The van der Waals surface area contributed by atoms with E-state index in [2.05, 4.69) is 46.7 Å². The van der Waals surface area contributed by atoms with Crippen LogP contribution in [0.1, 0.15) is 48.0 Å². The van der Waals surface area contributed by atoms with Crippen molar-refractivity contribution in [3.05, 3.63) is 0 Å². The van der Waals surface area contributed by atoms with Crippen LogP contribution in [-0.4, -0.2) is 10.9 Å². The van der Waals surface area contributed by atoms with Crippen molar-refractivity contribution in [2.75, 3.05) is 0 Å². The van der Waals surface area contributed by atoms with Gasteiger partial charge in [0, 0.05) is 5.41 Å². The van der Waals surface area contributed by atoms with Gasteiger partial charge in [-0.3, -0.25) is 0 Å². The third kappa shape index (κ3) is 3.37. The SMILES string of the molecule is CC(C)CC(=NO)C(C)(C)C(C)C. The fourth-order valence-corrected chi connectivity index (χ4v) is 1.15. The molecule has 1 N–H and O–H groups in total. The highest BCUT2D eigenvalue weighted by Crippen LogP contribution is 2.30. The zero-order valence-electron chi connectivity index (χ0n) is 9.76. The minimum atomic E-state index is -0.000972. The van der Waals surface area contributed by atoms with E-state index in [1.54, 1.807) is 0 Å². The molecule has 0 rings (SSSR count). The summed E-state index contributed by atoms with van der Waals surface area (Å²) in [5.74, 6) is 1.04. The first kappa shape index (κ1) is 12.5. The average Bonchev–Trinajstić information content (AvgIpc) is 1.99. The van der Waals surface area contributed by atoms with Gasteiger partial charge in [-0.1, -0.05) is 46.7 Å². The van der Waals surface area contributed by atoms with Crippen molar-refractivity contribution in [3.8, 4) is 0 Å². The van der Waals surface area contributed by atoms with Crippen molar-refractivity contribution < 1.29 is 5.21 Å². The van der Waals surface area contributed by atoms with Gasteiger partial charge >= 0.3 is 0 Å². The molecule has 0 radical (unpaired) electrons. The molecule has 0 aromatic heterocycles. The smallest absolute Gasteiger partial charge is 0.0631 e. The molecule has 0 unspecified atom stereocenters. The molecule has 0 aromatic rings. The molecule has 2 heteroatoms. The van der Waals surface area contributed by atoms with Crippen LogP contribution in [0.15, 0.2) is 5.16 Å². The normalized spacial score (nSPS) is 14.3. The van der Waals surface area contributed by atoms with Gasteiger partial charge in [-0.15, -0.1) is 0 Å². The zero-order chi connectivity index (χ0) is 10.6. The van der Waals surface area contributed by atoms with Crippen LogP contribution in [0.5, 0.6) is 0 Å². The first-order valence-electron chi connectivity index (χ1n) is 5.03. The molecule has 0 saturated carbocycles. The Kier molecular flexibility index (Phi) is 4.45. The number of hydrogen-bond acceptors (Lipinski definition) is 2. The fourth-order valence-electron chi connectivity index (χ4n) is 1.15. The molecule has 0 aliphatic heterocycles. The molecular weight excluding hydrogens is 162 g/mol. The lowest BCUT2D eigenvalue weighted by Crippen LogP contribution is -2.31. The molecule has 0 spiro atoms. The number of nitrogens with zero attached hydrogens (tertiary/aromatic N) is 1. The van der Waals surface area contributed by atoms with E-state index in [4.69, 9.17) is 5.21 Å². The van der Waals surface area contributed by atoms with E-state index >= 15 is 0 Å². The standard InChI is InChI=1S/C11H23NO/c1-8(2)7-10(12-13)11(5,6)9(3)4/h8-9,13H,7H2,1-6H3. The summed E-state index contributed by atoms with van der Waals surface area (Å²) < 4.78 is 0. The lowest BCUT2D eigenvalue weighted by Gasteiger charge is -2.30. The van der Waals surface area contributed by atoms with E-state index in [9.17, 15) is 0 Å². The van der Waals surface area contributed by atoms with Gasteiger partial charge in [0.05, 0.1) is 5.71 Å². The van der Waals surface area contributed by atoms with Gasteiger partial charge in [0.25, 0.3) is 0 Å². The van der Waals surface area contributed by atoms with Crippen molar-refractivity contribution in [2.24, 2.45) is 22.4 Å². The zero-order valence-corrected chi connectivity index (χ0v) is 9.76. The van der Waals surface area contributed by atoms with Gasteiger partial charge < -0.3 is 5.21 Å². The predicted octanol–water partition coefficient (Wildman–Crippen LogP) is 3.54. The predicted molar refractivity (Wildman–Crippen MR) is 57.3 cm³/mol. The van der Waals surface area contributed by atoms with E-state index in [-0.39, 0.29) is 5.41 Å². The Balaban J connectivity index is 4.59. The maximum absolute atomic E-state index is 8.95. The van der Waals surface area contributed by atoms with Crippen molar-refractivity contribution >= 4 is 5.71 Å². The van der Waals surface area contributed by atoms with Crippen LogP contribution in [0.3, 0.4) is 0 Å². The molecule has 0 aliphatic carbocycles. The maximum Gasteiger partial charge on any atom is 0.0631 e. The highest BCUT2D eigenvalue weighted by molar-refractivity contribution is 5.89. The van der Waals surface area contributed by atoms with Crippen LogP contribution in [0.4, 0.5) is 0 Å². The van der Waals surface area contributed by atoms with Crippen LogP contribution in [-0.2, 0) is 0 Å². The summed E-state index contributed by atoms with van der Waals surface area (Å²) in [7, 11) is 0. The summed E-state index contributed by atoms with van der Waals surface area (Å²) in [6.07, 6.45) is 0.877. The number of hydrogen-bond donors (Lipinski definition) is 1. The van der Waals surface area contributed by atoms with Gasteiger partial charge in [-0.25, -0.2) is 0 Å². The molecule has 0 atom stereocenters.